The Kier molecular flexibility index (Phi) is 8.68. The van der Waals surface area contributed by atoms with Gasteiger partial charge in [0.15, 0.2) is 10.3 Å². The number of anilines is 2. The third kappa shape index (κ3) is 6.77. The second-order valence-electron chi connectivity index (χ2n) is 10.4. The molecule has 5 rings (SSSR count). The summed E-state index contributed by atoms with van der Waals surface area (Å²) in [7, 11) is 0. The summed E-state index contributed by atoms with van der Waals surface area (Å²) >= 11 is 7.12. The van der Waals surface area contributed by atoms with E-state index in [2.05, 4.69) is 32.4 Å². The monoisotopic (exact) mass is 551 g/mol. The molecule has 10 heteroatoms. The number of benzene rings is 1. The van der Waals surface area contributed by atoms with Gasteiger partial charge in [-0.25, -0.2) is 19.3 Å². The van der Waals surface area contributed by atoms with Crippen LogP contribution in [0.3, 0.4) is 0 Å². The Bertz CT molecular complexity index is 1220. The van der Waals surface area contributed by atoms with E-state index in [0.29, 0.717) is 28.7 Å². The smallest absolute Gasteiger partial charge is 0.232 e. The third-order valence-corrected chi connectivity index (χ3v) is 8.55. The van der Waals surface area contributed by atoms with Crippen molar-refractivity contribution >= 4 is 40.9 Å². The Morgan fingerprint density at radius 2 is 1.87 bits per heavy atom. The normalized spacial score (nSPS) is 19.1. The summed E-state index contributed by atoms with van der Waals surface area (Å²) in [4.78, 5) is 20.6. The fourth-order valence-electron chi connectivity index (χ4n) is 5.51. The minimum absolute atomic E-state index is 0.0734. The van der Waals surface area contributed by atoms with Crippen LogP contribution in [0.15, 0.2) is 59.0 Å². The highest BCUT2D eigenvalue weighted by atomic mass is 32.2. The van der Waals surface area contributed by atoms with Gasteiger partial charge in [-0.15, -0.1) is 0 Å². The average Bonchev–Trinajstić information content (AvgIpc) is 2.93. The van der Waals surface area contributed by atoms with E-state index >= 15 is 0 Å². The van der Waals surface area contributed by atoms with Gasteiger partial charge in [0.05, 0.1) is 0 Å². The van der Waals surface area contributed by atoms with Crippen LogP contribution in [-0.2, 0) is 5.41 Å². The molecule has 2 fully saturated rings. The van der Waals surface area contributed by atoms with E-state index in [1.165, 1.54) is 24.6 Å². The number of nitrogens with one attached hydrogen (secondary N) is 2. The summed E-state index contributed by atoms with van der Waals surface area (Å²) in [6.07, 6.45) is 11.5. The van der Waals surface area contributed by atoms with E-state index < -0.39 is 0 Å². The van der Waals surface area contributed by atoms with Gasteiger partial charge in [-0.1, -0.05) is 38.3 Å². The third-order valence-electron chi connectivity index (χ3n) is 7.49. The zero-order valence-corrected chi connectivity index (χ0v) is 23.3. The second kappa shape index (κ2) is 12.3. The molecule has 0 spiro atoms. The van der Waals surface area contributed by atoms with Gasteiger partial charge in [0, 0.05) is 43.5 Å². The van der Waals surface area contributed by atoms with Crippen molar-refractivity contribution in [2.24, 2.45) is 5.92 Å². The topological polar surface area (TPSA) is 78.9 Å². The number of rotatable bonds is 7. The number of nitrogens with zero attached hydrogens (tertiary/aromatic N) is 5. The van der Waals surface area contributed by atoms with E-state index in [0.717, 1.165) is 61.6 Å². The summed E-state index contributed by atoms with van der Waals surface area (Å²) in [5, 5.41) is 8.54. The molecule has 2 N–H and O–H groups in total. The van der Waals surface area contributed by atoms with Crippen LogP contribution in [0.25, 0.3) is 0 Å². The van der Waals surface area contributed by atoms with E-state index in [9.17, 15) is 4.39 Å². The molecular formula is C28H34FN7S2. The Hall–Kier alpha value is -2.85. The van der Waals surface area contributed by atoms with Gasteiger partial charge in [0.25, 0.3) is 0 Å². The Morgan fingerprint density at radius 3 is 2.61 bits per heavy atom. The van der Waals surface area contributed by atoms with Crippen LogP contribution < -0.4 is 15.5 Å². The largest absolute Gasteiger partial charge is 0.361 e. The maximum absolute atomic E-state index is 13.6. The predicted molar refractivity (Wildman–Crippen MR) is 154 cm³/mol. The Balaban J connectivity index is 1.33. The lowest BCUT2D eigenvalue weighted by molar-refractivity contribution is 0.292. The number of halogens is 1. The first-order chi connectivity index (χ1) is 18.5. The van der Waals surface area contributed by atoms with Crippen molar-refractivity contribution in [3.8, 4) is 0 Å². The first-order valence-electron chi connectivity index (χ1n) is 13.4. The summed E-state index contributed by atoms with van der Waals surface area (Å²) < 4.78 is 13.6. The molecule has 0 amide bonds. The molecule has 1 saturated heterocycles. The Labute approximate surface area is 233 Å². The zero-order valence-electron chi connectivity index (χ0n) is 21.7. The van der Waals surface area contributed by atoms with Crippen molar-refractivity contribution in [2.45, 2.75) is 67.5 Å². The van der Waals surface area contributed by atoms with E-state index in [1.807, 2.05) is 18.2 Å². The van der Waals surface area contributed by atoms with Gasteiger partial charge >= 0.3 is 0 Å². The van der Waals surface area contributed by atoms with Crippen LogP contribution >= 0.6 is 24.0 Å². The zero-order chi connectivity index (χ0) is 26.4. The van der Waals surface area contributed by atoms with Gasteiger partial charge in [-0.05, 0) is 79.3 Å². The molecule has 0 bridgehead atoms. The van der Waals surface area contributed by atoms with E-state index in [4.69, 9.17) is 22.2 Å². The number of piperidine rings is 1. The molecule has 1 atom stereocenters. The highest BCUT2D eigenvalue weighted by Gasteiger charge is 2.34. The molecule has 7 nitrogen and oxygen atoms in total. The quantitative estimate of drug-likeness (QED) is 0.209. The Morgan fingerprint density at radius 1 is 1.11 bits per heavy atom. The molecule has 0 radical (unpaired) electrons. The molecule has 2 aromatic heterocycles. The lowest BCUT2D eigenvalue weighted by Crippen LogP contribution is -2.43. The van der Waals surface area contributed by atoms with Crippen LogP contribution in [-0.4, -0.2) is 44.7 Å². The van der Waals surface area contributed by atoms with Crippen LogP contribution in [0.1, 0.15) is 57.4 Å². The van der Waals surface area contributed by atoms with Crippen LogP contribution in [0.4, 0.5) is 16.2 Å². The molecule has 1 aromatic carbocycles. The van der Waals surface area contributed by atoms with Crippen molar-refractivity contribution in [2.75, 3.05) is 29.9 Å². The van der Waals surface area contributed by atoms with Gasteiger partial charge in [-0.3, -0.25) is 0 Å². The molecule has 1 saturated carbocycles. The van der Waals surface area contributed by atoms with Crippen molar-refractivity contribution in [1.29, 1.82) is 0 Å². The lowest BCUT2D eigenvalue weighted by atomic mass is 9.69. The molecule has 1 aliphatic heterocycles. The summed E-state index contributed by atoms with van der Waals surface area (Å²) in [5.41, 5.74) is 1.09. The fourth-order valence-corrected chi connectivity index (χ4v) is 6.38. The van der Waals surface area contributed by atoms with E-state index in [-0.39, 0.29) is 11.2 Å². The van der Waals surface area contributed by atoms with Crippen molar-refractivity contribution in [1.82, 2.24) is 25.3 Å². The van der Waals surface area contributed by atoms with Crippen molar-refractivity contribution < 1.29 is 4.39 Å². The SMILES string of the molecule is CC1CCCN(c2cc(Sc3ncccn3)nc(NC(=S)NCC3(c4ccc(F)cc4)CCCCC3)n2)C1. The first kappa shape index (κ1) is 26.7. The van der Waals surface area contributed by atoms with Crippen molar-refractivity contribution in [3.63, 3.8) is 0 Å². The van der Waals surface area contributed by atoms with Crippen LogP contribution in [0, 0.1) is 11.7 Å². The first-order valence-corrected chi connectivity index (χ1v) is 14.6. The molecular weight excluding hydrogens is 517 g/mol. The van der Waals surface area contributed by atoms with Gasteiger partial charge in [0.1, 0.15) is 16.7 Å². The maximum atomic E-state index is 13.6. The highest BCUT2D eigenvalue weighted by Crippen LogP contribution is 2.39. The number of hydrogen-bond donors (Lipinski definition) is 2. The molecule has 3 heterocycles. The van der Waals surface area contributed by atoms with Gasteiger partial charge in [-0.2, -0.15) is 4.98 Å². The second-order valence-corrected chi connectivity index (χ2v) is 11.8. The lowest BCUT2D eigenvalue weighted by Gasteiger charge is -2.38. The number of aromatic nitrogens is 4. The molecule has 200 valence electrons. The number of thiocarbonyl (C=S) groups is 1. The predicted octanol–water partition coefficient (Wildman–Crippen LogP) is 5.98. The van der Waals surface area contributed by atoms with Gasteiger partial charge in [0.2, 0.25) is 5.95 Å². The average molecular weight is 552 g/mol. The number of hydrogen-bond acceptors (Lipinski definition) is 7. The maximum Gasteiger partial charge on any atom is 0.232 e. The molecule has 1 unspecified atom stereocenters. The standard InChI is InChI=1S/C28H34FN7S2/c1-20-7-5-16-36(18-20)23-17-24(38-27-30-14-6-15-31-27)34-25(33-23)35-26(37)32-19-28(12-3-2-4-13-28)21-8-10-22(29)11-9-21/h6,8-11,14-15,17,20H,2-5,7,12-13,16,18-19H2,1H3,(H2,32,33,34,35,37). The molecule has 38 heavy (non-hydrogen) atoms. The van der Waals surface area contributed by atoms with Crippen LogP contribution in [0.5, 0.6) is 0 Å². The summed E-state index contributed by atoms with van der Waals surface area (Å²) in [6.45, 7) is 4.88. The minimum atomic E-state index is -0.209. The van der Waals surface area contributed by atoms with E-state index in [1.54, 1.807) is 30.6 Å². The van der Waals surface area contributed by atoms with Crippen LogP contribution in [0.2, 0.25) is 0 Å². The summed E-state index contributed by atoms with van der Waals surface area (Å²) in [5.74, 6) is 1.74. The minimum Gasteiger partial charge on any atom is -0.361 e. The molecule has 3 aromatic rings. The highest BCUT2D eigenvalue weighted by molar-refractivity contribution is 7.99. The van der Waals surface area contributed by atoms with Crippen molar-refractivity contribution in [3.05, 3.63) is 60.2 Å². The molecule has 1 aliphatic carbocycles. The van der Waals surface area contributed by atoms with Gasteiger partial charge < -0.3 is 15.5 Å². The summed E-state index contributed by atoms with van der Waals surface area (Å²) in [6, 6.07) is 10.7. The molecule has 2 aliphatic rings. The fraction of sp³-hybridized carbons (Fsp3) is 0.464.